The number of nitriles is 3. The molecule has 0 unspecified atom stereocenters. The van der Waals surface area contributed by atoms with Crippen LogP contribution in [0.25, 0.3) is 65.8 Å². The van der Waals surface area contributed by atoms with Crippen LogP contribution in [0, 0.1) is 34.0 Å². The Morgan fingerprint density at radius 2 is 0.738 bits per heavy atom. The average Bonchev–Trinajstić information content (AvgIpc) is 1.76. The third kappa shape index (κ3) is 17.2. The van der Waals surface area contributed by atoms with Crippen molar-refractivity contribution in [2.45, 2.75) is 38.9 Å². The highest BCUT2D eigenvalue weighted by Gasteiger charge is 2.16. The van der Waals surface area contributed by atoms with E-state index >= 15 is 0 Å². The fourth-order valence-corrected chi connectivity index (χ4v) is 12.2. The molecular weight excluding hydrogens is 1430 g/mol. The van der Waals surface area contributed by atoms with Gasteiger partial charge in [-0.3, -0.25) is 39.5 Å². The van der Waals surface area contributed by atoms with Crippen LogP contribution >= 0.6 is 69.6 Å². The summed E-state index contributed by atoms with van der Waals surface area (Å²) >= 11 is 36.3. The minimum Gasteiger partial charge on any atom is -0.478 e. The highest BCUT2D eigenvalue weighted by Crippen LogP contribution is 2.29. The molecule has 103 heavy (non-hydrogen) atoms. The Morgan fingerprint density at radius 3 is 1.08 bits per heavy atom. The van der Waals surface area contributed by atoms with Crippen molar-refractivity contribution in [2.75, 3.05) is 0 Å². The van der Waals surface area contributed by atoms with Crippen molar-refractivity contribution in [2.24, 2.45) is 5.73 Å². The number of carboxylic acids is 1. The highest BCUT2D eigenvalue weighted by atomic mass is 35.5. The number of pyridine rings is 9. The zero-order valence-electron chi connectivity index (χ0n) is 53.4. The molecule has 28 heteroatoms. The van der Waals surface area contributed by atoms with Crippen LogP contribution in [0.15, 0.2) is 184 Å². The van der Waals surface area contributed by atoms with Crippen LogP contribution in [0.2, 0.25) is 30.1 Å². The number of nitrogens with two attached hydrogens (primary N) is 1. The number of nitrogens with one attached hydrogen (secondary N) is 5. The van der Waals surface area contributed by atoms with E-state index in [2.05, 4.69) is 88.6 Å². The van der Waals surface area contributed by atoms with E-state index in [1.807, 2.05) is 36.4 Å². The first-order valence-corrected chi connectivity index (χ1v) is 33.3. The van der Waals surface area contributed by atoms with Gasteiger partial charge in [0, 0.05) is 174 Å². The quantitative estimate of drug-likeness (QED) is 0.0532. The standard InChI is InChI=1S/2C25H16Cl2N6O.C17H10ClN3O2.C8H8ClN3/c2*26-19-7-17-3-14(4-18(9-28)23(17)30-12-19)5-20-8-16(1-2-29-20)25(34)33-11-15-6-21-22(27)13-32-24(21)31-10-15;18-14-6-12-3-10(4-13(8-19)16(12)21-9-14)5-15-7-11(17(22)23)1-2-20-15;9-7-4-12-8-6(7)1-5(2-10)3-11-8/h2*1-4,6-8,10,12-13H,5,11H2,(H,31,32)(H,33,34);1-4,6-7,9H,5H2,(H,22,23);1,3-4H,2,10H2,(H,11,12). The summed E-state index contributed by atoms with van der Waals surface area (Å²) in [5.41, 5.74) is 19.3. The van der Waals surface area contributed by atoms with Gasteiger partial charge in [-0.25, -0.2) is 19.7 Å². The Bertz CT molecular complexity index is 5700. The zero-order chi connectivity index (χ0) is 72.3. The molecule has 0 aliphatic carbocycles. The van der Waals surface area contributed by atoms with Gasteiger partial charge in [-0.1, -0.05) is 69.6 Å². The summed E-state index contributed by atoms with van der Waals surface area (Å²) in [5, 5.41) is 51.4. The normalized spacial score (nSPS) is 10.8. The number of carboxylic acid groups (broad SMARTS) is 1. The van der Waals surface area contributed by atoms with Crippen molar-refractivity contribution in [1.82, 2.24) is 70.4 Å². The molecule has 15 aromatic rings. The van der Waals surface area contributed by atoms with Crippen molar-refractivity contribution in [3.8, 4) is 18.2 Å². The average molecular weight is 1480 g/mol. The van der Waals surface area contributed by atoms with Crippen molar-refractivity contribution in [1.29, 1.82) is 15.8 Å². The van der Waals surface area contributed by atoms with Crippen LogP contribution in [0.1, 0.15) is 98.2 Å². The zero-order valence-corrected chi connectivity index (χ0v) is 58.0. The number of H-pyrrole nitrogens is 3. The maximum absolute atomic E-state index is 12.8. The molecule has 12 aromatic heterocycles. The molecule has 15 rings (SSSR count). The number of carbonyl (C=O) groups is 3. The van der Waals surface area contributed by atoms with E-state index in [-0.39, 0.29) is 17.4 Å². The Kier molecular flexibility index (Phi) is 22.1. The van der Waals surface area contributed by atoms with E-state index in [0.717, 1.165) is 71.3 Å². The molecule has 12 heterocycles. The molecule has 0 atom stereocenters. The molecule has 22 nitrogen and oxygen atoms in total. The van der Waals surface area contributed by atoms with Crippen LogP contribution in [0.5, 0.6) is 0 Å². The number of aromatic amines is 3. The van der Waals surface area contributed by atoms with E-state index in [9.17, 15) is 30.2 Å². The molecule has 506 valence electrons. The minimum absolute atomic E-state index is 0.181. The minimum atomic E-state index is -0.999. The van der Waals surface area contributed by atoms with Gasteiger partial charge >= 0.3 is 5.97 Å². The van der Waals surface area contributed by atoms with Crippen molar-refractivity contribution in [3.05, 3.63) is 298 Å². The molecule has 0 saturated carbocycles. The van der Waals surface area contributed by atoms with Gasteiger partial charge in [0.2, 0.25) is 0 Å². The van der Waals surface area contributed by atoms with Crippen molar-refractivity contribution < 1.29 is 19.5 Å². The first-order valence-electron chi connectivity index (χ1n) is 31.0. The lowest BCUT2D eigenvalue weighted by Crippen LogP contribution is -2.23. The molecule has 2 amide bonds. The fraction of sp³-hybridized carbons (Fsp3) is 0.0800. The summed E-state index contributed by atoms with van der Waals surface area (Å²) < 4.78 is 0. The fourth-order valence-electron chi connectivity index (χ4n) is 11.1. The van der Waals surface area contributed by atoms with E-state index in [4.69, 9.17) is 80.4 Å². The second-order valence-corrected chi connectivity index (χ2v) is 25.6. The number of halogens is 6. The Balaban J connectivity index is 0.000000137. The molecule has 8 N–H and O–H groups in total. The largest absolute Gasteiger partial charge is 0.478 e. The van der Waals surface area contributed by atoms with E-state index in [1.165, 1.54) is 36.9 Å². The van der Waals surface area contributed by atoms with Crippen molar-refractivity contribution in [3.63, 3.8) is 0 Å². The third-order valence-corrected chi connectivity index (χ3v) is 17.5. The number of hydrogen-bond donors (Lipinski definition) is 7. The van der Waals surface area contributed by atoms with E-state index in [1.54, 1.807) is 110 Å². The Hall–Kier alpha value is -12.0. The molecule has 3 aromatic carbocycles. The number of benzene rings is 3. The summed E-state index contributed by atoms with van der Waals surface area (Å²) in [5.74, 6) is -1.45. The van der Waals surface area contributed by atoms with E-state index < -0.39 is 5.97 Å². The van der Waals surface area contributed by atoms with Crippen molar-refractivity contribution >= 4 is 153 Å². The van der Waals surface area contributed by atoms with Crippen LogP contribution in [0.3, 0.4) is 0 Å². The molecular formula is C75H50Cl6N18O4. The van der Waals surface area contributed by atoms with Gasteiger partial charge in [0.05, 0.1) is 68.9 Å². The molecule has 0 spiro atoms. The summed E-state index contributed by atoms with van der Waals surface area (Å²) in [4.78, 5) is 83.9. The lowest BCUT2D eigenvalue weighted by atomic mass is 10.0. The Morgan fingerprint density at radius 1 is 0.408 bits per heavy atom. The molecule has 0 fully saturated rings. The number of aromatic nitrogens is 12. The van der Waals surface area contributed by atoms with Gasteiger partial charge in [-0.05, 0) is 143 Å². The predicted octanol–water partition coefficient (Wildman–Crippen LogP) is 15.5. The van der Waals surface area contributed by atoms with Gasteiger partial charge in [0.25, 0.3) is 11.8 Å². The monoisotopic (exact) mass is 1480 g/mol. The maximum Gasteiger partial charge on any atom is 0.335 e. The number of hydrogen-bond acceptors (Lipinski definition) is 16. The SMILES string of the molecule is N#Cc1cc(Cc2cc(C(=O)NCc3cnc4[nH]cc(Cl)c4c3)ccn2)cc2cc(Cl)cnc12.N#Cc1cc(Cc2cc(C(=O)NCc3cnc4[nH]cc(Cl)c4c3)ccn2)cc2cc(Cl)cnc12.N#Cc1cc(Cc2cc(C(=O)O)ccn2)cc2cc(Cl)cnc12.NCc1cnc2[nH]cc(Cl)c2c1. The smallest absolute Gasteiger partial charge is 0.335 e. The number of fused-ring (bicyclic) bond motifs is 6. The van der Waals surface area contributed by atoms with Gasteiger partial charge in [-0.15, -0.1) is 0 Å². The molecule has 0 aliphatic heterocycles. The number of carbonyl (C=O) groups excluding carboxylic acids is 2. The van der Waals surface area contributed by atoms with Crippen LogP contribution in [-0.4, -0.2) is 82.7 Å². The summed E-state index contributed by atoms with van der Waals surface area (Å²) in [6.07, 6.45) is 20.7. The highest BCUT2D eigenvalue weighted by molar-refractivity contribution is 6.36. The topological polar surface area (TPSA) is 356 Å². The first-order chi connectivity index (χ1) is 49.9. The van der Waals surface area contributed by atoms with Gasteiger partial charge in [-0.2, -0.15) is 15.8 Å². The first kappa shape index (κ1) is 70.8. The third-order valence-electron chi connectivity index (χ3n) is 15.9. The molecule has 0 bridgehead atoms. The predicted molar refractivity (Wildman–Crippen MR) is 396 cm³/mol. The summed E-state index contributed by atoms with van der Waals surface area (Å²) in [6, 6.07) is 38.3. The number of nitrogens with zero attached hydrogens (tertiary/aromatic N) is 12. The maximum atomic E-state index is 12.8. The molecule has 0 aliphatic rings. The Labute approximate surface area is 615 Å². The number of aromatic carboxylic acids is 1. The van der Waals surface area contributed by atoms with Crippen LogP contribution in [-0.2, 0) is 38.9 Å². The summed E-state index contributed by atoms with van der Waals surface area (Å²) in [6.45, 7) is 1.11. The van der Waals surface area contributed by atoms with Crippen LogP contribution < -0.4 is 16.4 Å². The van der Waals surface area contributed by atoms with E-state index in [0.29, 0.717) is 142 Å². The molecule has 0 saturated heterocycles. The lowest BCUT2D eigenvalue weighted by molar-refractivity contribution is 0.0696. The number of amides is 2. The molecule has 0 radical (unpaired) electrons. The van der Waals surface area contributed by atoms with Crippen LogP contribution in [0.4, 0.5) is 0 Å². The van der Waals surface area contributed by atoms with Gasteiger partial charge < -0.3 is 36.4 Å². The number of rotatable bonds is 14. The van der Waals surface area contributed by atoms with Gasteiger partial charge in [0.15, 0.2) is 0 Å². The second kappa shape index (κ2) is 32.1. The second-order valence-electron chi connectivity index (χ2n) is 23.1. The summed E-state index contributed by atoms with van der Waals surface area (Å²) in [7, 11) is 0. The van der Waals surface area contributed by atoms with Gasteiger partial charge in [0.1, 0.15) is 35.1 Å². The lowest BCUT2D eigenvalue weighted by Gasteiger charge is -2.08.